The summed E-state index contributed by atoms with van der Waals surface area (Å²) < 4.78 is 11.1. The van der Waals surface area contributed by atoms with E-state index in [0.717, 1.165) is 23.4 Å². The number of aryl methyl sites for hydroxylation is 1. The van der Waals surface area contributed by atoms with Gasteiger partial charge in [0.25, 0.3) is 5.91 Å². The van der Waals surface area contributed by atoms with Gasteiger partial charge < -0.3 is 14.2 Å². The lowest BCUT2D eigenvalue weighted by atomic mass is 10.1. The number of carbonyl (C=O) groups is 1. The molecule has 3 rings (SSSR count). The van der Waals surface area contributed by atoms with E-state index >= 15 is 0 Å². The van der Waals surface area contributed by atoms with Crippen LogP contribution in [0.2, 0.25) is 0 Å². The molecular formula is C18H23N3O3. The van der Waals surface area contributed by atoms with Gasteiger partial charge in [-0.25, -0.2) is 0 Å². The maximum Gasteiger partial charge on any atom is 0.292 e. The lowest BCUT2D eigenvalue weighted by molar-refractivity contribution is -0.0240. The Bertz CT molecular complexity index is 711. The molecule has 0 aromatic carbocycles. The van der Waals surface area contributed by atoms with Crippen molar-refractivity contribution in [2.75, 3.05) is 19.7 Å². The molecule has 2 aromatic rings. The normalized spacial score (nSPS) is 18.2. The van der Waals surface area contributed by atoms with E-state index in [1.54, 1.807) is 17.2 Å². The number of amides is 1. The molecule has 24 heavy (non-hydrogen) atoms. The fourth-order valence-corrected chi connectivity index (χ4v) is 2.89. The Labute approximate surface area is 141 Å². The van der Waals surface area contributed by atoms with Gasteiger partial charge in [0, 0.05) is 24.5 Å². The summed E-state index contributed by atoms with van der Waals surface area (Å²) in [6.07, 6.45) is 2.44. The molecule has 0 aliphatic carbocycles. The SMILES string of the molecule is Cc1cc(C2CN(C(=O)c3cc(CC(C)C)no3)CCO2)ccn1. The van der Waals surface area contributed by atoms with Crippen LogP contribution < -0.4 is 0 Å². The van der Waals surface area contributed by atoms with Crippen molar-refractivity contribution in [2.45, 2.75) is 33.3 Å². The first-order chi connectivity index (χ1) is 11.5. The number of ether oxygens (including phenoxy) is 1. The molecule has 6 heteroatoms. The summed E-state index contributed by atoms with van der Waals surface area (Å²) in [6, 6.07) is 5.68. The quantitative estimate of drug-likeness (QED) is 0.863. The first kappa shape index (κ1) is 16.6. The van der Waals surface area contributed by atoms with Crippen LogP contribution in [-0.4, -0.2) is 40.6 Å². The average Bonchev–Trinajstić information content (AvgIpc) is 3.02. The summed E-state index contributed by atoms with van der Waals surface area (Å²) in [5.74, 6) is 0.648. The van der Waals surface area contributed by atoms with Crippen LogP contribution in [0.15, 0.2) is 28.9 Å². The van der Waals surface area contributed by atoms with Crippen molar-refractivity contribution < 1.29 is 14.1 Å². The van der Waals surface area contributed by atoms with Crippen LogP contribution in [0, 0.1) is 12.8 Å². The summed E-state index contributed by atoms with van der Waals surface area (Å²) in [5, 5.41) is 4.00. The van der Waals surface area contributed by atoms with Crippen molar-refractivity contribution in [3.8, 4) is 0 Å². The molecule has 0 N–H and O–H groups in total. The Hall–Kier alpha value is -2.21. The fraction of sp³-hybridized carbons (Fsp3) is 0.500. The smallest absolute Gasteiger partial charge is 0.292 e. The molecule has 1 aliphatic rings. The van der Waals surface area contributed by atoms with Crippen LogP contribution >= 0.6 is 0 Å². The minimum Gasteiger partial charge on any atom is -0.370 e. The summed E-state index contributed by atoms with van der Waals surface area (Å²) in [5.41, 5.74) is 2.80. The standard InChI is InChI=1S/C18H23N3O3/c1-12(2)8-15-10-16(24-20-15)18(22)21-6-7-23-17(11-21)14-4-5-19-13(3)9-14/h4-5,9-10,12,17H,6-8,11H2,1-3H3. The topological polar surface area (TPSA) is 68.5 Å². The van der Waals surface area contributed by atoms with Gasteiger partial charge in [0.1, 0.15) is 6.10 Å². The second kappa shape index (κ2) is 7.13. The van der Waals surface area contributed by atoms with E-state index in [9.17, 15) is 4.79 Å². The average molecular weight is 329 g/mol. The monoisotopic (exact) mass is 329 g/mol. The minimum absolute atomic E-state index is 0.128. The lowest BCUT2D eigenvalue weighted by Crippen LogP contribution is -2.42. The maximum atomic E-state index is 12.7. The lowest BCUT2D eigenvalue weighted by Gasteiger charge is -2.32. The molecule has 1 saturated heterocycles. The van der Waals surface area contributed by atoms with Gasteiger partial charge in [0.2, 0.25) is 5.76 Å². The Kier molecular flexibility index (Phi) is 4.94. The molecule has 2 aromatic heterocycles. The summed E-state index contributed by atoms with van der Waals surface area (Å²) >= 11 is 0. The highest BCUT2D eigenvalue weighted by molar-refractivity contribution is 5.91. The molecule has 0 saturated carbocycles. The number of carbonyl (C=O) groups excluding carboxylic acids is 1. The van der Waals surface area contributed by atoms with E-state index < -0.39 is 0 Å². The summed E-state index contributed by atoms with van der Waals surface area (Å²) in [6.45, 7) is 7.73. The third-order valence-electron chi connectivity index (χ3n) is 4.03. The van der Waals surface area contributed by atoms with Gasteiger partial charge in [0.05, 0.1) is 18.8 Å². The number of nitrogens with zero attached hydrogens (tertiary/aromatic N) is 3. The molecule has 1 unspecified atom stereocenters. The van der Waals surface area contributed by atoms with Crippen LogP contribution in [-0.2, 0) is 11.2 Å². The van der Waals surface area contributed by atoms with E-state index in [2.05, 4.69) is 24.0 Å². The van der Waals surface area contributed by atoms with Crippen molar-refractivity contribution in [2.24, 2.45) is 5.92 Å². The molecule has 1 amide bonds. The molecule has 6 nitrogen and oxygen atoms in total. The van der Waals surface area contributed by atoms with Gasteiger partial charge in [-0.2, -0.15) is 0 Å². The largest absolute Gasteiger partial charge is 0.370 e. The van der Waals surface area contributed by atoms with Gasteiger partial charge in [-0.3, -0.25) is 9.78 Å². The van der Waals surface area contributed by atoms with Crippen molar-refractivity contribution in [1.29, 1.82) is 0 Å². The predicted octanol–water partition coefficient (Wildman–Crippen LogP) is 2.79. The predicted molar refractivity (Wildman–Crippen MR) is 88.6 cm³/mol. The minimum atomic E-state index is -0.137. The Morgan fingerprint density at radius 2 is 2.25 bits per heavy atom. The second-order valence-corrected chi connectivity index (χ2v) is 6.62. The highest BCUT2D eigenvalue weighted by Crippen LogP contribution is 2.23. The number of hydrogen-bond donors (Lipinski definition) is 0. The number of pyridine rings is 1. The van der Waals surface area contributed by atoms with Gasteiger partial charge in [-0.15, -0.1) is 0 Å². The highest BCUT2D eigenvalue weighted by Gasteiger charge is 2.28. The highest BCUT2D eigenvalue weighted by atomic mass is 16.5. The van der Waals surface area contributed by atoms with Gasteiger partial charge in [-0.05, 0) is 37.0 Å². The molecule has 3 heterocycles. The van der Waals surface area contributed by atoms with E-state index in [4.69, 9.17) is 9.26 Å². The van der Waals surface area contributed by atoms with E-state index in [0.29, 0.717) is 31.4 Å². The zero-order valence-electron chi connectivity index (χ0n) is 14.4. The Morgan fingerprint density at radius 3 is 3.00 bits per heavy atom. The fourth-order valence-electron chi connectivity index (χ4n) is 2.89. The number of morpholine rings is 1. The number of hydrogen-bond acceptors (Lipinski definition) is 5. The zero-order valence-corrected chi connectivity index (χ0v) is 14.4. The van der Waals surface area contributed by atoms with Crippen LogP contribution in [0.1, 0.15) is 47.5 Å². The summed E-state index contributed by atoms with van der Waals surface area (Å²) in [7, 11) is 0. The molecule has 0 spiro atoms. The zero-order chi connectivity index (χ0) is 17.1. The van der Waals surface area contributed by atoms with E-state index in [1.165, 1.54) is 0 Å². The molecule has 128 valence electrons. The molecule has 0 radical (unpaired) electrons. The first-order valence-electron chi connectivity index (χ1n) is 8.32. The molecular weight excluding hydrogens is 306 g/mol. The first-order valence-corrected chi connectivity index (χ1v) is 8.32. The third-order valence-corrected chi connectivity index (χ3v) is 4.03. The maximum absolute atomic E-state index is 12.7. The van der Waals surface area contributed by atoms with Crippen molar-refractivity contribution in [3.63, 3.8) is 0 Å². The van der Waals surface area contributed by atoms with E-state index in [1.807, 2.05) is 19.1 Å². The molecule has 1 fully saturated rings. The molecule has 1 atom stereocenters. The molecule has 0 bridgehead atoms. The Balaban J connectivity index is 1.70. The van der Waals surface area contributed by atoms with Crippen LogP contribution in [0.25, 0.3) is 0 Å². The van der Waals surface area contributed by atoms with Gasteiger partial charge in [0.15, 0.2) is 0 Å². The second-order valence-electron chi connectivity index (χ2n) is 6.62. The Morgan fingerprint density at radius 1 is 1.42 bits per heavy atom. The summed E-state index contributed by atoms with van der Waals surface area (Å²) in [4.78, 5) is 18.6. The van der Waals surface area contributed by atoms with Crippen molar-refractivity contribution in [3.05, 3.63) is 47.1 Å². The van der Waals surface area contributed by atoms with Crippen molar-refractivity contribution >= 4 is 5.91 Å². The van der Waals surface area contributed by atoms with Crippen LogP contribution in [0.3, 0.4) is 0 Å². The van der Waals surface area contributed by atoms with Crippen LogP contribution in [0.4, 0.5) is 0 Å². The number of rotatable bonds is 4. The molecule has 1 aliphatic heterocycles. The number of aromatic nitrogens is 2. The van der Waals surface area contributed by atoms with Gasteiger partial charge in [-0.1, -0.05) is 19.0 Å². The van der Waals surface area contributed by atoms with Gasteiger partial charge >= 0.3 is 0 Å². The van der Waals surface area contributed by atoms with Crippen molar-refractivity contribution in [1.82, 2.24) is 15.0 Å². The van der Waals surface area contributed by atoms with E-state index in [-0.39, 0.29) is 12.0 Å². The van der Waals surface area contributed by atoms with Crippen LogP contribution in [0.5, 0.6) is 0 Å². The third kappa shape index (κ3) is 3.82.